The first kappa shape index (κ1) is 19.7. The number of nitrogens with one attached hydrogen (secondary N) is 2. The van der Waals surface area contributed by atoms with Gasteiger partial charge >= 0.3 is 5.97 Å². The van der Waals surface area contributed by atoms with E-state index in [9.17, 15) is 9.59 Å². The van der Waals surface area contributed by atoms with Crippen LogP contribution in [-0.2, 0) is 9.59 Å². The summed E-state index contributed by atoms with van der Waals surface area (Å²) in [6.45, 7) is 0. The highest BCUT2D eigenvalue weighted by Crippen LogP contribution is 2.16. The molecule has 0 aliphatic heterocycles. The maximum absolute atomic E-state index is 12.1. The second-order valence-electron chi connectivity index (χ2n) is 5.92. The second kappa shape index (κ2) is 9.78. The quantitative estimate of drug-likeness (QED) is 0.343. The lowest BCUT2D eigenvalue weighted by Crippen LogP contribution is -2.29. The number of amidine groups is 1. The minimum atomic E-state index is -0.974. The molecule has 2 rings (SSSR count). The molecule has 1 atom stereocenters. The van der Waals surface area contributed by atoms with Crippen LogP contribution in [0.15, 0.2) is 54.6 Å². The molecule has 5 N–H and O–H groups in total. The van der Waals surface area contributed by atoms with E-state index in [0.717, 1.165) is 11.1 Å². The van der Waals surface area contributed by atoms with Gasteiger partial charge in [-0.05, 0) is 17.7 Å². The van der Waals surface area contributed by atoms with Crippen molar-refractivity contribution in [3.63, 3.8) is 0 Å². The highest BCUT2D eigenvalue weighted by molar-refractivity contribution is 5.94. The summed E-state index contributed by atoms with van der Waals surface area (Å²) in [5.41, 5.74) is 7.55. The first-order valence-corrected chi connectivity index (χ1v) is 8.45. The van der Waals surface area contributed by atoms with Crippen molar-refractivity contribution < 1.29 is 14.7 Å². The van der Waals surface area contributed by atoms with Crippen LogP contribution >= 0.6 is 0 Å². The molecule has 0 aliphatic carbocycles. The molecule has 0 spiro atoms. The van der Waals surface area contributed by atoms with Crippen molar-refractivity contribution in [3.8, 4) is 11.8 Å². The van der Waals surface area contributed by atoms with Crippen LogP contribution in [0.1, 0.15) is 42.0 Å². The highest BCUT2D eigenvalue weighted by atomic mass is 16.4. The molecule has 0 saturated carbocycles. The van der Waals surface area contributed by atoms with Crippen LogP contribution in [0.2, 0.25) is 0 Å². The fourth-order valence-corrected chi connectivity index (χ4v) is 2.45. The normalized spacial score (nSPS) is 11.0. The molecule has 6 nitrogen and oxygen atoms in total. The predicted molar refractivity (Wildman–Crippen MR) is 103 cm³/mol. The zero-order chi connectivity index (χ0) is 19.6. The van der Waals surface area contributed by atoms with E-state index >= 15 is 0 Å². The van der Waals surface area contributed by atoms with Crippen LogP contribution in [-0.4, -0.2) is 22.8 Å². The van der Waals surface area contributed by atoms with Crippen molar-refractivity contribution in [1.29, 1.82) is 5.41 Å². The molecule has 27 heavy (non-hydrogen) atoms. The summed E-state index contributed by atoms with van der Waals surface area (Å²) in [5.74, 6) is 4.65. The van der Waals surface area contributed by atoms with Gasteiger partial charge in [-0.2, -0.15) is 0 Å². The molecule has 6 heteroatoms. The van der Waals surface area contributed by atoms with Gasteiger partial charge in [-0.1, -0.05) is 54.3 Å². The van der Waals surface area contributed by atoms with Gasteiger partial charge in [0.1, 0.15) is 5.84 Å². The van der Waals surface area contributed by atoms with Gasteiger partial charge in [0.15, 0.2) is 0 Å². The third-order valence-electron chi connectivity index (χ3n) is 3.82. The molecular weight excluding hydrogens is 342 g/mol. The number of carbonyl (C=O) groups is 2. The largest absolute Gasteiger partial charge is 0.481 e. The number of amides is 1. The van der Waals surface area contributed by atoms with Crippen molar-refractivity contribution in [2.75, 3.05) is 0 Å². The van der Waals surface area contributed by atoms with Crippen LogP contribution in [0.3, 0.4) is 0 Å². The Hall–Kier alpha value is -3.59. The van der Waals surface area contributed by atoms with Crippen molar-refractivity contribution in [3.05, 3.63) is 71.3 Å². The molecule has 0 aliphatic rings. The first-order chi connectivity index (χ1) is 13.0. The molecule has 0 radical (unpaired) electrons. The summed E-state index contributed by atoms with van der Waals surface area (Å²) in [6.07, 6.45) is 0.361. The van der Waals surface area contributed by atoms with Crippen molar-refractivity contribution in [2.24, 2.45) is 5.73 Å². The van der Waals surface area contributed by atoms with Gasteiger partial charge in [0.2, 0.25) is 5.91 Å². The van der Waals surface area contributed by atoms with Crippen molar-refractivity contribution in [1.82, 2.24) is 5.32 Å². The smallest absolute Gasteiger partial charge is 0.305 e. The number of carbonyl (C=O) groups excluding carboxylic acids is 1. The Balaban J connectivity index is 1.89. The Morgan fingerprint density at radius 3 is 2.37 bits per heavy atom. The number of nitrogens with two attached hydrogens (primary N) is 1. The van der Waals surface area contributed by atoms with E-state index < -0.39 is 12.0 Å². The molecule has 0 aromatic heterocycles. The number of carboxylic acids is 1. The number of carboxylic acid groups (broad SMARTS) is 1. The van der Waals surface area contributed by atoms with Gasteiger partial charge in [-0.3, -0.25) is 15.0 Å². The lowest BCUT2D eigenvalue weighted by molar-refractivity contribution is -0.137. The summed E-state index contributed by atoms with van der Waals surface area (Å²) in [6, 6.07) is 15.4. The molecule has 1 amide bonds. The fraction of sp³-hybridized carbons (Fsp3) is 0.190. The lowest BCUT2D eigenvalue weighted by Gasteiger charge is -2.17. The van der Waals surface area contributed by atoms with Crippen LogP contribution < -0.4 is 11.1 Å². The average molecular weight is 363 g/mol. The second-order valence-corrected chi connectivity index (χ2v) is 5.92. The summed E-state index contributed by atoms with van der Waals surface area (Å²) in [7, 11) is 0. The third kappa shape index (κ3) is 6.67. The maximum atomic E-state index is 12.1. The number of hydrogen-bond donors (Lipinski definition) is 4. The highest BCUT2D eigenvalue weighted by Gasteiger charge is 2.17. The van der Waals surface area contributed by atoms with Crippen LogP contribution in [0.4, 0.5) is 0 Å². The van der Waals surface area contributed by atoms with E-state index in [-0.39, 0.29) is 24.6 Å². The number of benzene rings is 2. The number of nitrogen functional groups attached to an aromatic ring is 1. The molecular formula is C21H21N3O3. The topological polar surface area (TPSA) is 116 Å². The molecule has 0 fully saturated rings. The lowest BCUT2D eigenvalue weighted by atomic mass is 10.0. The summed E-state index contributed by atoms with van der Waals surface area (Å²) in [4.78, 5) is 23.2. The first-order valence-electron chi connectivity index (χ1n) is 8.45. The van der Waals surface area contributed by atoms with Crippen molar-refractivity contribution in [2.45, 2.75) is 25.3 Å². The Labute approximate surface area is 157 Å². The number of rotatable bonds is 7. The summed E-state index contributed by atoms with van der Waals surface area (Å²) < 4.78 is 0. The Morgan fingerprint density at radius 2 is 1.78 bits per heavy atom. The van der Waals surface area contributed by atoms with E-state index in [2.05, 4.69) is 17.2 Å². The van der Waals surface area contributed by atoms with Gasteiger partial charge in [-0.25, -0.2) is 0 Å². The summed E-state index contributed by atoms with van der Waals surface area (Å²) in [5, 5.41) is 19.2. The van der Waals surface area contributed by atoms with E-state index in [1.807, 2.05) is 6.07 Å². The molecule has 0 saturated heterocycles. The third-order valence-corrected chi connectivity index (χ3v) is 3.82. The monoisotopic (exact) mass is 363 g/mol. The molecule has 0 heterocycles. The number of hydrogen-bond acceptors (Lipinski definition) is 3. The SMILES string of the molecule is N=C(N)c1ccc(C#CCCC(=O)NC(CC(=O)O)c2ccccc2)cc1. The zero-order valence-electron chi connectivity index (χ0n) is 14.7. The molecule has 1 unspecified atom stereocenters. The molecule has 0 bridgehead atoms. The van der Waals surface area contributed by atoms with Crippen LogP contribution in [0, 0.1) is 17.3 Å². The minimum Gasteiger partial charge on any atom is -0.481 e. The van der Waals surface area contributed by atoms with E-state index in [4.69, 9.17) is 16.2 Å². The molecule has 138 valence electrons. The summed E-state index contributed by atoms with van der Waals surface area (Å²) >= 11 is 0. The van der Waals surface area contributed by atoms with Gasteiger partial charge in [0.25, 0.3) is 0 Å². The van der Waals surface area contributed by atoms with Gasteiger partial charge in [0, 0.05) is 24.0 Å². The zero-order valence-corrected chi connectivity index (χ0v) is 14.7. The fourth-order valence-electron chi connectivity index (χ4n) is 2.45. The Morgan fingerprint density at radius 1 is 1.11 bits per heavy atom. The van der Waals surface area contributed by atoms with Gasteiger partial charge in [-0.15, -0.1) is 0 Å². The van der Waals surface area contributed by atoms with Gasteiger partial charge in [0.05, 0.1) is 12.5 Å². The molecule has 2 aromatic carbocycles. The van der Waals surface area contributed by atoms with E-state index in [0.29, 0.717) is 12.0 Å². The Bertz CT molecular complexity index is 865. The van der Waals surface area contributed by atoms with E-state index in [1.165, 1.54) is 0 Å². The maximum Gasteiger partial charge on any atom is 0.305 e. The molecule has 2 aromatic rings. The van der Waals surface area contributed by atoms with Crippen LogP contribution in [0.25, 0.3) is 0 Å². The predicted octanol–water partition coefficient (Wildman–Crippen LogP) is 2.43. The minimum absolute atomic E-state index is 0.000474. The van der Waals surface area contributed by atoms with Crippen molar-refractivity contribution >= 4 is 17.7 Å². The number of aliphatic carboxylic acids is 1. The Kier molecular flexibility index (Phi) is 7.15. The van der Waals surface area contributed by atoms with E-state index in [1.54, 1.807) is 48.5 Å². The van der Waals surface area contributed by atoms with Gasteiger partial charge < -0.3 is 16.2 Å². The average Bonchev–Trinajstić information content (AvgIpc) is 2.65. The standard InChI is InChI=1S/C21H21N3O3/c22-21(23)17-12-10-15(11-13-17)6-4-5-9-19(25)24-18(14-20(26)27)16-7-2-1-3-8-16/h1-3,7-8,10-13,18H,5,9,14H2,(H3,22,23)(H,24,25)(H,26,27). The van der Waals surface area contributed by atoms with Crippen LogP contribution in [0.5, 0.6) is 0 Å².